The highest BCUT2D eigenvalue weighted by Gasteiger charge is 2.07. The van der Waals surface area contributed by atoms with Crippen LogP contribution in [0.1, 0.15) is 19.5 Å². The molecular weight excluding hydrogens is 363 g/mol. The highest BCUT2D eigenvalue weighted by molar-refractivity contribution is 14.1. The van der Waals surface area contributed by atoms with Gasteiger partial charge in [-0.05, 0) is 40.8 Å². The number of hydrogen-bond donors (Lipinski definition) is 1. The zero-order valence-electron chi connectivity index (χ0n) is 10.2. The lowest BCUT2D eigenvalue weighted by molar-refractivity contribution is 0.580. The van der Waals surface area contributed by atoms with Gasteiger partial charge in [0.1, 0.15) is 0 Å². The van der Waals surface area contributed by atoms with Crippen LogP contribution in [0.3, 0.4) is 0 Å². The van der Waals surface area contributed by atoms with Crippen molar-refractivity contribution < 1.29 is 0 Å². The van der Waals surface area contributed by atoms with Gasteiger partial charge in [-0.3, -0.25) is 0 Å². The Bertz CT molecular complexity index is 539. The van der Waals surface area contributed by atoms with Gasteiger partial charge < -0.3 is 5.32 Å². The first-order chi connectivity index (χ1) is 8.56. The Morgan fingerprint density at radius 2 is 2.22 bits per heavy atom. The van der Waals surface area contributed by atoms with Crippen molar-refractivity contribution in [1.29, 1.82) is 0 Å². The van der Waals surface area contributed by atoms with Crippen molar-refractivity contribution in [3.8, 4) is 5.69 Å². The van der Waals surface area contributed by atoms with E-state index < -0.39 is 0 Å². The van der Waals surface area contributed by atoms with Crippen LogP contribution in [-0.4, -0.2) is 21.0 Å². The summed E-state index contributed by atoms with van der Waals surface area (Å²) in [5, 5.41) is 12.2. The predicted octanol–water partition coefficient (Wildman–Crippen LogP) is 3.02. The van der Waals surface area contributed by atoms with Gasteiger partial charge in [0.25, 0.3) is 0 Å². The fourth-order valence-electron chi connectivity index (χ4n) is 1.47. The van der Waals surface area contributed by atoms with E-state index in [9.17, 15) is 0 Å². The maximum atomic E-state index is 6.16. The highest BCUT2D eigenvalue weighted by Crippen LogP contribution is 2.22. The first-order valence-corrected chi connectivity index (χ1v) is 7.12. The summed E-state index contributed by atoms with van der Waals surface area (Å²) in [6, 6.07) is 6.24. The molecule has 18 heavy (non-hydrogen) atoms. The van der Waals surface area contributed by atoms with Crippen molar-refractivity contribution in [2.24, 2.45) is 0 Å². The Balaban J connectivity index is 2.21. The molecule has 2 rings (SSSR count). The molecule has 1 aromatic heterocycles. The Morgan fingerprint density at radius 1 is 1.44 bits per heavy atom. The lowest BCUT2D eigenvalue weighted by Crippen LogP contribution is -2.21. The van der Waals surface area contributed by atoms with Gasteiger partial charge in [-0.25, -0.2) is 4.68 Å². The fourth-order valence-corrected chi connectivity index (χ4v) is 2.15. The van der Waals surface area contributed by atoms with Crippen LogP contribution >= 0.6 is 34.2 Å². The average molecular weight is 377 g/mol. The third kappa shape index (κ3) is 3.43. The zero-order chi connectivity index (χ0) is 13.1. The molecule has 1 aromatic carbocycles. The minimum atomic E-state index is 0.427. The van der Waals surface area contributed by atoms with Crippen molar-refractivity contribution >= 4 is 34.2 Å². The van der Waals surface area contributed by atoms with E-state index in [1.807, 2.05) is 24.4 Å². The first kappa shape index (κ1) is 13.8. The smallest absolute Gasteiger partial charge is 0.0969 e. The highest BCUT2D eigenvalue weighted by atomic mass is 127. The lowest BCUT2D eigenvalue weighted by atomic mass is 10.3. The number of halogens is 2. The summed E-state index contributed by atoms with van der Waals surface area (Å²) in [5.74, 6) is 0. The minimum Gasteiger partial charge on any atom is -0.309 e. The van der Waals surface area contributed by atoms with Gasteiger partial charge in [-0.2, -0.15) is 0 Å². The van der Waals surface area contributed by atoms with Gasteiger partial charge in [0.15, 0.2) is 0 Å². The quantitative estimate of drug-likeness (QED) is 0.834. The molecule has 6 heteroatoms. The summed E-state index contributed by atoms with van der Waals surface area (Å²) in [6.07, 6.45) is 1.90. The molecule has 0 amide bonds. The first-order valence-electron chi connectivity index (χ1n) is 5.66. The molecule has 2 aromatic rings. The van der Waals surface area contributed by atoms with Crippen LogP contribution in [-0.2, 0) is 6.54 Å². The molecule has 0 saturated heterocycles. The molecule has 0 saturated carbocycles. The Labute approximate surface area is 125 Å². The molecule has 0 aliphatic heterocycles. The Hall–Kier alpha value is -0.660. The van der Waals surface area contributed by atoms with Crippen LogP contribution in [0, 0.1) is 3.57 Å². The van der Waals surface area contributed by atoms with E-state index in [0.717, 1.165) is 15.0 Å². The molecule has 1 heterocycles. The van der Waals surface area contributed by atoms with Crippen LogP contribution in [0.25, 0.3) is 5.69 Å². The van der Waals surface area contributed by atoms with Crippen molar-refractivity contribution in [3.05, 3.63) is 38.7 Å². The second-order valence-corrected chi connectivity index (χ2v) is 5.94. The SMILES string of the molecule is CC(C)NCc1cn(-c2cc(I)ccc2Cl)nn1. The molecule has 4 nitrogen and oxygen atoms in total. The van der Waals surface area contributed by atoms with E-state index in [0.29, 0.717) is 17.6 Å². The molecule has 0 radical (unpaired) electrons. The zero-order valence-corrected chi connectivity index (χ0v) is 13.1. The molecule has 0 fully saturated rings. The Morgan fingerprint density at radius 3 is 2.94 bits per heavy atom. The van der Waals surface area contributed by atoms with Gasteiger partial charge >= 0.3 is 0 Å². The van der Waals surface area contributed by atoms with Crippen LogP contribution in [0.15, 0.2) is 24.4 Å². The second-order valence-electron chi connectivity index (χ2n) is 4.29. The number of nitrogens with one attached hydrogen (secondary N) is 1. The standard InChI is InChI=1S/C12H14ClIN4/c1-8(2)15-6-10-7-18(17-16-10)12-5-9(14)3-4-11(12)13/h3-5,7-8,15H,6H2,1-2H3. The molecule has 0 aliphatic carbocycles. The predicted molar refractivity (Wildman–Crippen MR) is 81.1 cm³/mol. The molecule has 96 valence electrons. The monoisotopic (exact) mass is 376 g/mol. The number of nitrogens with zero attached hydrogens (tertiary/aromatic N) is 3. The van der Waals surface area contributed by atoms with Crippen molar-refractivity contribution in [1.82, 2.24) is 20.3 Å². The fraction of sp³-hybridized carbons (Fsp3) is 0.333. The van der Waals surface area contributed by atoms with Gasteiger partial charge in [-0.1, -0.05) is 30.7 Å². The molecular formula is C12H14ClIN4. The van der Waals surface area contributed by atoms with E-state index >= 15 is 0 Å². The van der Waals surface area contributed by atoms with Gasteiger partial charge in [0.05, 0.1) is 22.6 Å². The van der Waals surface area contributed by atoms with E-state index in [1.54, 1.807) is 4.68 Å². The summed E-state index contributed by atoms with van der Waals surface area (Å²) in [4.78, 5) is 0. The maximum absolute atomic E-state index is 6.16. The van der Waals surface area contributed by atoms with E-state index in [1.165, 1.54) is 0 Å². The summed E-state index contributed by atoms with van der Waals surface area (Å²) < 4.78 is 2.83. The van der Waals surface area contributed by atoms with E-state index in [4.69, 9.17) is 11.6 Å². The van der Waals surface area contributed by atoms with Gasteiger partial charge in [0, 0.05) is 16.2 Å². The Kier molecular flexibility index (Phi) is 4.58. The largest absolute Gasteiger partial charge is 0.309 e. The molecule has 0 unspecified atom stereocenters. The molecule has 0 atom stereocenters. The van der Waals surface area contributed by atoms with Crippen molar-refractivity contribution in [2.45, 2.75) is 26.4 Å². The maximum Gasteiger partial charge on any atom is 0.0969 e. The molecule has 0 bridgehead atoms. The molecule has 1 N–H and O–H groups in total. The second kappa shape index (κ2) is 5.99. The van der Waals surface area contributed by atoms with E-state index in [2.05, 4.69) is 52.1 Å². The van der Waals surface area contributed by atoms with Gasteiger partial charge in [0.2, 0.25) is 0 Å². The lowest BCUT2D eigenvalue weighted by Gasteiger charge is -2.05. The minimum absolute atomic E-state index is 0.427. The number of hydrogen-bond acceptors (Lipinski definition) is 3. The van der Waals surface area contributed by atoms with Crippen molar-refractivity contribution in [2.75, 3.05) is 0 Å². The topological polar surface area (TPSA) is 42.7 Å². The van der Waals surface area contributed by atoms with E-state index in [-0.39, 0.29) is 0 Å². The van der Waals surface area contributed by atoms with Gasteiger partial charge in [-0.15, -0.1) is 5.10 Å². The normalized spacial score (nSPS) is 11.2. The van der Waals surface area contributed by atoms with Crippen molar-refractivity contribution in [3.63, 3.8) is 0 Å². The number of benzene rings is 1. The average Bonchev–Trinajstić information content (AvgIpc) is 2.78. The third-order valence-electron chi connectivity index (χ3n) is 2.39. The number of aromatic nitrogens is 3. The summed E-state index contributed by atoms with van der Waals surface area (Å²) in [6.45, 7) is 4.90. The third-order valence-corrected chi connectivity index (χ3v) is 3.38. The summed E-state index contributed by atoms with van der Waals surface area (Å²) in [5.41, 5.74) is 1.76. The summed E-state index contributed by atoms with van der Waals surface area (Å²) in [7, 11) is 0. The van der Waals surface area contributed by atoms with Crippen LogP contribution in [0.5, 0.6) is 0 Å². The van der Waals surface area contributed by atoms with Crippen LogP contribution in [0.2, 0.25) is 5.02 Å². The van der Waals surface area contributed by atoms with Crippen LogP contribution in [0.4, 0.5) is 0 Å². The van der Waals surface area contributed by atoms with Crippen LogP contribution < -0.4 is 5.32 Å². The summed E-state index contributed by atoms with van der Waals surface area (Å²) >= 11 is 8.41. The molecule has 0 aliphatic rings. The molecule has 0 spiro atoms. The number of rotatable bonds is 4.